The molecule has 1 fully saturated rings. The molecular formula is C18H19N3O2. The lowest BCUT2D eigenvalue weighted by molar-refractivity contribution is 0.373. The summed E-state index contributed by atoms with van der Waals surface area (Å²) in [6.45, 7) is 0. The number of benzene rings is 2. The molecule has 5 heteroatoms. The van der Waals surface area contributed by atoms with Crippen molar-refractivity contribution in [3.05, 3.63) is 42.2 Å². The Kier molecular flexibility index (Phi) is 3.31. The lowest BCUT2D eigenvalue weighted by Crippen LogP contribution is -2.34. The molecule has 1 aliphatic carbocycles. The van der Waals surface area contributed by atoms with E-state index in [1.165, 1.54) is 0 Å². The summed E-state index contributed by atoms with van der Waals surface area (Å²) in [5.41, 5.74) is 6.89. The Labute approximate surface area is 134 Å². The first-order valence-corrected chi connectivity index (χ1v) is 7.90. The number of fused-ring (bicyclic) bond motifs is 1. The quantitative estimate of drug-likeness (QED) is 0.799. The Balaban J connectivity index is 1.83. The molecule has 0 radical (unpaired) electrons. The van der Waals surface area contributed by atoms with Crippen molar-refractivity contribution in [2.75, 3.05) is 7.11 Å². The van der Waals surface area contributed by atoms with Crippen molar-refractivity contribution in [3.63, 3.8) is 0 Å². The van der Waals surface area contributed by atoms with Gasteiger partial charge in [0.2, 0.25) is 0 Å². The second kappa shape index (κ2) is 5.35. The molecule has 0 unspecified atom stereocenters. The fourth-order valence-corrected chi connectivity index (χ4v) is 3.40. The molecule has 0 spiro atoms. The van der Waals surface area contributed by atoms with Crippen LogP contribution in [0.4, 0.5) is 0 Å². The number of methoxy groups -OCH3 is 1. The van der Waals surface area contributed by atoms with Crippen molar-refractivity contribution >= 4 is 10.8 Å². The van der Waals surface area contributed by atoms with Crippen LogP contribution in [-0.4, -0.2) is 17.3 Å². The van der Waals surface area contributed by atoms with E-state index >= 15 is 0 Å². The molecule has 3 aromatic rings. The maximum Gasteiger partial charge on any atom is 0.258 e. The monoisotopic (exact) mass is 309 g/mol. The van der Waals surface area contributed by atoms with Gasteiger partial charge in [0.15, 0.2) is 5.82 Å². The van der Waals surface area contributed by atoms with E-state index in [1.807, 2.05) is 36.4 Å². The third kappa shape index (κ3) is 2.28. The Hall–Kier alpha value is -2.40. The third-order valence-corrected chi connectivity index (χ3v) is 4.70. The van der Waals surface area contributed by atoms with Gasteiger partial charge in [0, 0.05) is 10.9 Å². The summed E-state index contributed by atoms with van der Waals surface area (Å²) >= 11 is 0. The van der Waals surface area contributed by atoms with Gasteiger partial charge in [-0.15, -0.1) is 0 Å². The highest BCUT2D eigenvalue weighted by Gasteiger charge is 2.36. The van der Waals surface area contributed by atoms with Crippen LogP contribution in [0, 0.1) is 0 Å². The molecule has 1 saturated carbocycles. The molecule has 118 valence electrons. The molecule has 1 heterocycles. The largest absolute Gasteiger partial charge is 0.496 e. The van der Waals surface area contributed by atoms with Gasteiger partial charge < -0.3 is 15.0 Å². The molecule has 4 rings (SSSR count). The van der Waals surface area contributed by atoms with Crippen molar-refractivity contribution < 1.29 is 9.26 Å². The van der Waals surface area contributed by atoms with Crippen molar-refractivity contribution in [1.82, 2.24) is 10.1 Å². The highest BCUT2D eigenvalue weighted by atomic mass is 16.5. The van der Waals surface area contributed by atoms with Crippen LogP contribution in [0.5, 0.6) is 5.75 Å². The lowest BCUT2D eigenvalue weighted by atomic mass is 9.98. The number of aromatic nitrogens is 2. The van der Waals surface area contributed by atoms with Crippen LogP contribution in [0.2, 0.25) is 0 Å². The van der Waals surface area contributed by atoms with E-state index < -0.39 is 5.54 Å². The van der Waals surface area contributed by atoms with E-state index in [0.717, 1.165) is 47.8 Å². The van der Waals surface area contributed by atoms with Gasteiger partial charge in [-0.3, -0.25) is 0 Å². The average molecular weight is 309 g/mol. The van der Waals surface area contributed by atoms with Crippen LogP contribution in [0.15, 0.2) is 40.9 Å². The van der Waals surface area contributed by atoms with Crippen molar-refractivity contribution in [3.8, 4) is 17.2 Å². The zero-order chi connectivity index (χ0) is 15.9. The number of ether oxygens (including phenoxy) is 1. The van der Waals surface area contributed by atoms with Crippen molar-refractivity contribution in [2.24, 2.45) is 5.73 Å². The molecule has 0 amide bonds. The molecule has 0 saturated heterocycles. The molecule has 1 aliphatic rings. The van der Waals surface area contributed by atoms with Crippen LogP contribution in [-0.2, 0) is 5.54 Å². The molecule has 1 aromatic heterocycles. The van der Waals surface area contributed by atoms with Gasteiger partial charge in [-0.1, -0.05) is 42.3 Å². The normalized spacial score (nSPS) is 16.8. The SMILES string of the molecule is COc1ccc(-c2nc(C3(N)CCCC3)no2)c2ccccc12. The maximum absolute atomic E-state index is 6.43. The Bertz CT molecular complexity index is 850. The zero-order valence-electron chi connectivity index (χ0n) is 13.1. The van der Waals surface area contributed by atoms with E-state index in [1.54, 1.807) is 7.11 Å². The number of nitrogens with zero attached hydrogens (tertiary/aromatic N) is 2. The molecule has 0 aliphatic heterocycles. The number of rotatable bonds is 3. The van der Waals surface area contributed by atoms with Gasteiger partial charge in [0.25, 0.3) is 5.89 Å². The zero-order valence-corrected chi connectivity index (χ0v) is 13.1. The minimum absolute atomic E-state index is 0.440. The summed E-state index contributed by atoms with van der Waals surface area (Å²) in [5, 5.41) is 6.20. The summed E-state index contributed by atoms with van der Waals surface area (Å²) in [6.07, 6.45) is 4.06. The van der Waals surface area contributed by atoms with Crippen molar-refractivity contribution in [2.45, 2.75) is 31.2 Å². The van der Waals surface area contributed by atoms with Gasteiger partial charge in [0.05, 0.1) is 12.6 Å². The number of nitrogens with two attached hydrogens (primary N) is 1. The minimum Gasteiger partial charge on any atom is -0.496 e. The Morgan fingerprint density at radius 3 is 2.57 bits per heavy atom. The Morgan fingerprint density at radius 1 is 1.09 bits per heavy atom. The summed E-state index contributed by atoms with van der Waals surface area (Å²) < 4.78 is 11.0. The fourth-order valence-electron chi connectivity index (χ4n) is 3.40. The smallest absolute Gasteiger partial charge is 0.258 e. The van der Waals surface area contributed by atoms with E-state index in [9.17, 15) is 0 Å². The maximum atomic E-state index is 6.43. The average Bonchev–Trinajstić information content (AvgIpc) is 3.24. The molecule has 5 nitrogen and oxygen atoms in total. The summed E-state index contributed by atoms with van der Waals surface area (Å²) in [6, 6.07) is 11.9. The first-order chi connectivity index (χ1) is 11.2. The standard InChI is InChI=1S/C18H19N3O2/c1-22-15-9-8-14(12-6-2-3-7-13(12)15)16-20-17(21-23-16)18(19)10-4-5-11-18/h2-3,6-9H,4-5,10-11,19H2,1H3. The molecule has 0 bridgehead atoms. The predicted octanol–water partition coefficient (Wildman–Crippen LogP) is 3.63. The van der Waals surface area contributed by atoms with E-state index in [2.05, 4.69) is 10.1 Å². The van der Waals surface area contributed by atoms with Gasteiger partial charge in [-0.25, -0.2) is 0 Å². The second-order valence-electron chi connectivity index (χ2n) is 6.15. The molecule has 23 heavy (non-hydrogen) atoms. The van der Waals surface area contributed by atoms with Crippen LogP contribution in [0.3, 0.4) is 0 Å². The third-order valence-electron chi connectivity index (χ3n) is 4.70. The van der Waals surface area contributed by atoms with E-state index in [4.69, 9.17) is 15.0 Å². The van der Waals surface area contributed by atoms with Crippen LogP contribution in [0.1, 0.15) is 31.5 Å². The van der Waals surface area contributed by atoms with E-state index in [0.29, 0.717) is 11.7 Å². The first kappa shape index (κ1) is 14.2. The van der Waals surface area contributed by atoms with Gasteiger partial charge in [-0.05, 0) is 30.4 Å². The van der Waals surface area contributed by atoms with Gasteiger partial charge in [0.1, 0.15) is 5.75 Å². The van der Waals surface area contributed by atoms with Gasteiger partial charge in [-0.2, -0.15) is 4.98 Å². The van der Waals surface area contributed by atoms with Gasteiger partial charge >= 0.3 is 0 Å². The summed E-state index contributed by atoms with van der Waals surface area (Å²) in [5.74, 6) is 1.95. The topological polar surface area (TPSA) is 74.2 Å². The molecule has 2 aromatic carbocycles. The lowest BCUT2D eigenvalue weighted by Gasteiger charge is -2.17. The molecular weight excluding hydrogens is 290 g/mol. The fraction of sp³-hybridized carbons (Fsp3) is 0.333. The van der Waals surface area contributed by atoms with Crippen LogP contribution >= 0.6 is 0 Å². The van der Waals surface area contributed by atoms with Crippen LogP contribution in [0.25, 0.3) is 22.2 Å². The van der Waals surface area contributed by atoms with Crippen molar-refractivity contribution in [1.29, 1.82) is 0 Å². The minimum atomic E-state index is -0.440. The predicted molar refractivity (Wildman–Crippen MR) is 88.1 cm³/mol. The Morgan fingerprint density at radius 2 is 1.83 bits per heavy atom. The highest BCUT2D eigenvalue weighted by Crippen LogP contribution is 2.37. The molecule has 0 atom stereocenters. The second-order valence-corrected chi connectivity index (χ2v) is 6.15. The summed E-state index contributed by atoms with van der Waals surface area (Å²) in [4.78, 5) is 4.60. The summed E-state index contributed by atoms with van der Waals surface area (Å²) in [7, 11) is 1.67. The van der Waals surface area contributed by atoms with E-state index in [-0.39, 0.29) is 0 Å². The van der Waals surface area contributed by atoms with Crippen LogP contribution < -0.4 is 10.5 Å². The number of hydrogen-bond acceptors (Lipinski definition) is 5. The first-order valence-electron chi connectivity index (χ1n) is 7.90. The molecule has 2 N–H and O–H groups in total. The number of hydrogen-bond donors (Lipinski definition) is 1. The highest BCUT2D eigenvalue weighted by molar-refractivity contribution is 5.98.